The van der Waals surface area contributed by atoms with Gasteiger partial charge in [0.05, 0.1) is 0 Å². The van der Waals surface area contributed by atoms with Gasteiger partial charge in [0.1, 0.15) is 0 Å². The first kappa shape index (κ1) is 7.35. The predicted octanol–water partition coefficient (Wildman–Crippen LogP) is 1.95. The number of alkyl halides is 1. The third kappa shape index (κ3) is 1.33. The third-order valence-corrected chi connectivity index (χ3v) is 4.03. The molecule has 0 saturated carbocycles. The van der Waals surface area contributed by atoms with Gasteiger partial charge in [0.25, 0.3) is 0 Å². The van der Waals surface area contributed by atoms with E-state index in [1.165, 1.54) is 30.1 Å². The van der Waals surface area contributed by atoms with Crippen molar-refractivity contribution >= 4 is 22.6 Å². The molecule has 1 N–H and O–H groups in total. The zero-order valence-electron chi connectivity index (χ0n) is 6.15. The Morgan fingerprint density at radius 1 is 1.20 bits per heavy atom. The van der Waals surface area contributed by atoms with Crippen LogP contribution in [-0.4, -0.2) is 16.5 Å². The molecule has 1 nitrogen and oxygen atoms in total. The molecule has 2 aliphatic heterocycles. The Bertz CT molecular complexity index is 114. The Hall–Kier alpha value is 0.690. The van der Waals surface area contributed by atoms with Crippen LogP contribution in [0.15, 0.2) is 0 Å². The zero-order chi connectivity index (χ0) is 6.97. The van der Waals surface area contributed by atoms with E-state index in [-0.39, 0.29) is 0 Å². The summed E-state index contributed by atoms with van der Waals surface area (Å²) in [7, 11) is 0. The molecule has 0 aromatic carbocycles. The van der Waals surface area contributed by atoms with Gasteiger partial charge in [0.15, 0.2) is 0 Å². The SMILES string of the molecule is ICC1C[C@H]2CC[C@@H](C1)N2. The second kappa shape index (κ2) is 2.97. The van der Waals surface area contributed by atoms with E-state index in [9.17, 15) is 0 Å². The summed E-state index contributed by atoms with van der Waals surface area (Å²) in [5.41, 5.74) is 0. The normalized spacial score (nSPS) is 45.9. The van der Waals surface area contributed by atoms with Crippen molar-refractivity contribution < 1.29 is 0 Å². The van der Waals surface area contributed by atoms with E-state index < -0.39 is 0 Å². The van der Waals surface area contributed by atoms with Crippen molar-refractivity contribution in [1.29, 1.82) is 0 Å². The lowest BCUT2D eigenvalue weighted by Gasteiger charge is -2.27. The summed E-state index contributed by atoms with van der Waals surface area (Å²) >= 11 is 2.53. The van der Waals surface area contributed by atoms with Crippen molar-refractivity contribution in [3.05, 3.63) is 0 Å². The van der Waals surface area contributed by atoms with E-state index in [1.54, 1.807) is 0 Å². The van der Waals surface area contributed by atoms with E-state index in [4.69, 9.17) is 0 Å². The molecule has 0 amide bonds. The van der Waals surface area contributed by atoms with Gasteiger partial charge in [-0.25, -0.2) is 0 Å². The predicted molar refractivity (Wildman–Crippen MR) is 51.6 cm³/mol. The second-order valence-electron chi connectivity index (χ2n) is 3.63. The average Bonchev–Trinajstić information content (AvgIpc) is 2.30. The molecule has 2 bridgehead atoms. The fourth-order valence-electron chi connectivity index (χ4n) is 2.30. The molecule has 2 heterocycles. The number of nitrogens with one attached hydrogen (secondary N) is 1. The largest absolute Gasteiger partial charge is 0.311 e. The summed E-state index contributed by atoms with van der Waals surface area (Å²) in [5, 5.41) is 3.65. The molecule has 58 valence electrons. The second-order valence-corrected chi connectivity index (χ2v) is 4.51. The molecular weight excluding hydrogens is 237 g/mol. The summed E-state index contributed by atoms with van der Waals surface area (Å²) in [4.78, 5) is 0. The Morgan fingerprint density at radius 3 is 2.30 bits per heavy atom. The zero-order valence-corrected chi connectivity index (χ0v) is 8.30. The lowest BCUT2D eigenvalue weighted by atomic mass is 9.95. The summed E-state index contributed by atoms with van der Waals surface area (Å²) in [6.07, 6.45) is 5.77. The van der Waals surface area contributed by atoms with E-state index in [0.29, 0.717) is 0 Å². The van der Waals surface area contributed by atoms with Gasteiger partial charge in [-0.1, -0.05) is 22.6 Å². The number of piperidine rings is 1. The molecule has 0 radical (unpaired) electrons. The fourth-order valence-corrected chi connectivity index (χ4v) is 3.02. The maximum absolute atomic E-state index is 3.65. The van der Waals surface area contributed by atoms with E-state index in [2.05, 4.69) is 27.9 Å². The van der Waals surface area contributed by atoms with Gasteiger partial charge in [-0.05, 0) is 31.6 Å². The molecule has 0 spiro atoms. The molecule has 2 saturated heterocycles. The summed E-state index contributed by atoms with van der Waals surface area (Å²) in [5.74, 6) is 1.03. The van der Waals surface area contributed by atoms with Crippen LogP contribution >= 0.6 is 22.6 Å². The van der Waals surface area contributed by atoms with Crippen LogP contribution in [0.1, 0.15) is 25.7 Å². The van der Waals surface area contributed by atoms with Crippen molar-refractivity contribution in [2.75, 3.05) is 4.43 Å². The first-order valence-electron chi connectivity index (χ1n) is 4.20. The standard InChI is InChI=1S/C8H14IN/c9-5-6-3-7-1-2-8(4-6)10-7/h6-8,10H,1-5H2/t6?,7-,8+. The molecule has 1 unspecified atom stereocenters. The van der Waals surface area contributed by atoms with E-state index >= 15 is 0 Å². The van der Waals surface area contributed by atoms with Gasteiger partial charge in [0, 0.05) is 16.5 Å². The summed E-state index contributed by atoms with van der Waals surface area (Å²) in [6, 6.07) is 1.78. The van der Waals surface area contributed by atoms with Crippen LogP contribution in [0.2, 0.25) is 0 Å². The maximum Gasteiger partial charge on any atom is 0.00731 e. The van der Waals surface area contributed by atoms with Crippen LogP contribution in [0.5, 0.6) is 0 Å². The smallest absolute Gasteiger partial charge is 0.00731 e. The van der Waals surface area contributed by atoms with E-state index in [1.807, 2.05) is 0 Å². The monoisotopic (exact) mass is 251 g/mol. The topological polar surface area (TPSA) is 12.0 Å². The van der Waals surface area contributed by atoms with Crippen molar-refractivity contribution in [1.82, 2.24) is 5.32 Å². The minimum atomic E-state index is 0.888. The molecule has 2 aliphatic rings. The molecule has 0 aromatic rings. The van der Waals surface area contributed by atoms with Gasteiger partial charge in [-0.15, -0.1) is 0 Å². The van der Waals surface area contributed by atoms with E-state index in [0.717, 1.165) is 18.0 Å². The van der Waals surface area contributed by atoms with Crippen LogP contribution in [0.3, 0.4) is 0 Å². The van der Waals surface area contributed by atoms with Crippen LogP contribution in [0.25, 0.3) is 0 Å². The Labute approximate surface area is 76.1 Å². The highest BCUT2D eigenvalue weighted by Gasteiger charge is 2.32. The molecule has 0 aromatic heterocycles. The Kier molecular flexibility index (Phi) is 2.18. The molecule has 3 atom stereocenters. The van der Waals surface area contributed by atoms with Gasteiger partial charge in [0.2, 0.25) is 0 Å². The van der Waals surface area contributed by atoms with Crippen molar-refractivity contribution in [2.24, 2.45) is 5.92 Å². The van der Waals surface area contributed by atoms with Crippen LogP contribution in [0.4, 0.5) is 0 Å². The summed E-state index contributed by atoms with van der Waals surface area (Å²) < 4.78 is 1.37. The molecule has 0 aliphatic carbocycles. The van der Waals surface area contributed by atoms with Crippen LogP contribution in [0, 0.1) is 5.92 Å². The molecule has 2 heteroatoms. The Morgan fingerprint density at radius 2 is 1.80 bits per heavy atom. The maximum atomic E-state index is 3.65. The Balaban J connectivity index is 1.96. The number of fused-ring (bicyclic) bond motifs is 2. The number of hydrogen-bond donors (Lipinski definition) is 1. The lowest BCUT2D eigenvalue weighted by molar-refractivity contribution is 0.326. The fraction of sp³-hybridized carbons (Fsp3) is 1.00. The average molecular weight is 251 g/mol. The number of hydrogen-bond acceptors (Lipinski definition) is 1. The summed E-state index contributed by atoms with van der Waals surface area (Å²) in [6.45, 7) is 0. The molecular formula is C8H14IN. The first-order valence-corrected chi connectivity index (χ1v) is 5.73. The molecule has 2 fully saturated rings. The molecule has 2 rings (SSSR count). The minimum Gasteiger partial charge on any atom is -0.311 e. The van der Waals surface area contributed by atoms with Crippen molar-refractivity contribution in [3.63, 3.8) is 0 Å². The van der Waals surface area contributed by atoms with Gasteiger partial charge >= 0.3 is 0 Å². The van der Waals surface area contributed by atoms with Crippen LogP contribution in [-0.2, 0) is 0 Å². The highest BCUT2D eigenvalue weighted by Crippen LogP contribution is 2.31. The quantitative estimate of drug-likeness (QED) is 0.554. The molecule has 10 heavy (non-hydrogen) atoms. The highest BCUT2D eigenvalue weighted by molar-refractivity contribution is 14.1. The van der Waals surface area contributed by atoms with Crippen molar-refractivity contribution in [3.8, 4) is 0 Å². The highest BCUT2D eigenvalue weighted by atomic mass is 127. The van der Waals surface area contributed by atoms with Gasteiger partial charge < -0.3 is 5.32 Å². The first-order chi connectivity index (χ1) is 4.88. The van der Waals surface area contributed by atoms with Gasteiger partial charge in [-0.3, -0.25) is 0 Å². The van der Waals surface area contributed by atoms with Crippen molar-refractivity contribution in [2.45, 2.75) is 37.8 Å². The third-order valence-electron chi connectivity index (χ3n) is 2.79. The van der Waals surface area contributed by atoms with Crippen LogP contribution < -0.4 is 5.32 Å². The van der Waals surface area contributed by atoms with Gasteiger partial charge in [-0.2, -0.15) is 0 Å². The number of halogens is 1. The lowest BCUT2D eigenvalue weighted by Crippen LogP contribution is -2.38. The minimum absolute atomic E-state index is 0.888. The number of rotatable bonds is 1.